The molecule has 2 aliphatic heterocycles. The zero-order valence-electron chi connectivity index (χ0n) is 13.4. The van der Waals surface area contributed by atoms with E-state index in [1.807, 2.05) is 9.80 Å². The minimum Gasteiger partial charge on any atom is -0.343 e. The average molecular weight is 302 g/mol. The first-order chi connectivity index (χ1) is 10.7. The van der Waals surface area contributed by atoms with E-state index < -0.39 is 0 Å². The fourth-order valence-corrected chi connectivity index (χ4v) is 2.61. The van der Waals surface area contributed by atoms with Gasteiger partial charge in [-0.1, -0.05) is 0 Å². The summed E-state index contributed by atoms with van der Waals surface area (Å²) in [4.78, 5) is 26.3. The monoisotopic (exact) mass is 302 g/mol. The van der Waals surface area contributed by atoms with Gasteiger partial charge < -0.3 is 9.80 Å². The Kier molecular flexibility index (Phi) is 8.84. The van der Waals surface area contributed by atoms with E-state index in [4.69, 9.17) is 12.8 Å². The molecule has 2 fully saturated rings. The Balaban J connectivity index is 0.000000220. The molecule has 22 heavy (non-hydrogen) atoms. The molecule has 2 aliphatic rings. The first kappa shape index (κ1) is 18.1. The van der Waals surface area contributed by atoms with Crippen molar-refractivity contribution in [3.05, 3.63) is 0 Å². The molecule has 4 heteroatoms. The van der Waals surface area contributed by atoms with E-state index >= 15 is 0 Å². The largest absolute Gasteiger partial charge is 0.343 e. The molecule has 4 nitrogen and oxygen atoms in total. The number of carbonyl (C=O) groups is 2. The van der Waals surface area contributed by atoms with E-state index in [9.17, 15) is 9.59 Å². The molecule has 0 aromatic carbocycles. The molecule has 0 spiro atoms. The van der Waals surface area contributed by atoms with E-state index in [1.54, 1.807) is 0 Å². The molecule has 2 saturated heterocycles. The van der Waals surface area contributed by atoms with Crippen LogP contribution in [-0.4, -0.2) is 47.8 Å². The standard InChI is InChI=1S/2C9H13NO/c2*1-2-3-6-9(11)10-7-4-5-8-10/h2*1H,3-8H2. The fraction of sp³-hybridized carbons (Fsp3) is 0.667. The first-order valence-corrected chi connectivity index (χ1v) is 8.11. The van der Waals surface area contributed by atoms with Crippen LogP contribution in [0.1, 0.15) is 51.4 Å². The van der Waals surface area contributed by atoms with Crippen LogP contribution in [0.5, 0.6) is 0 Å². The van der Waals surface area contributed by atoms with Gasteiger partial charge in [-0.2, -0.15) is 0 Å². The Morgan fingerprint density at radius 2 is 1.05 bits per heavy atom. The van der Waals surface area contributed by atoms with Gasteiger partial charge in [-0.05, 0) is 25.7 Å². The van der Waals surface area contributed by atoms with Gasteiger partial charge in [-0.3, -0.25) is 9.59 Å². The van der Waals surface area contributed by atoms with Crippen molar-refractivity contribution in [3.8, 4) is 24.7 Å². The quantitative estimate of drug-likeness (QED) is 0.746. The SMILES string of the molecule is C#CCCC(=O)N1CCCC1.C#CCCC(=O)N1CCCC1. The maximum Gasteiger partial charge on any atom is 0.223 e. The number of likely N-dealkylation sites (tertiary alicyclic amines) is 2. The molecule has 0 aliphatic carbocycles. The molecule has 0 N–H and O–H groups in total. The third-order valence-electron chi connectivity index (χ3n) is 3.88. The first-order valence-electron chi connectivity index (χ1n) is 8.11. The average Bonchev–Trinajstić information content (AvgIpc) is 3.23. The highest BCUT2D eigenvalue weighted by molar-refractivity contribution is 5.77. The number of amides is 2. The summed E-state index contributed by atoms with van der Waals surface area (Å²) in [5.41, 5.74) is 0. The molecule has 0 radical (unpaired) electrons. The Morgan fingerprint density at radius 1 is 0.727 bits per heavy atom. The van der Waals surface area contributed by atoms with Crippen molar-refractivity contribution in [2.75, 3.05) is 26.2 Å². The van der Waals surface area contributed by atoms with E-state index in [2.05, 4.69) is 11.8 Å². The topological polar surface area (TPSA) is 40.6 Å². The van der Waals surface area contributed by atoms with Crippen molar-refractivity contribution in [2.24, 2.45) is 0 Å². The molecule has 0 unspecified atom stereocenters. The molecule has 0 aromatic heterocycles. The van der Waals surface area contributed by atoms with Crippen LogP contribution in [0.25, 0.3) is 0 Å². The summed E-state index contributed by atoms with van der Waals surface area (Å²) in [5, 5.41) is 0. The molecular formula is C18H26N2O2. The van der Waals surface area contributed by atoms with Gasteiger partial charge in [-0.25, -0.2) is 0 Å². The second-order valence-corrected chi connectivity index (χ2v) is 5.58. The van der Waals surface area contributed by atoms with Crippen LogP contribution in [0.4, 0.5) is 0 Å². The third kappa shape index (κ3) is 6.68. The van der Waals surface area contributed by atoms with Crippen LogP contribution >= 0.6 is 0 Å². The normalized spacial score (nSPS) is 16.5. The number of hydrogen-bond donors (Lipinski definition) is 0. The van der Waals surface area contributed by atoms with Gasteiger partial charge in [0, 0.05) is 51.9 Å². The van der Waals surface area contributed by atoms with Gasteiger partial charge in [0.05, 0.1) is 0 Å². The zero-order valence-corrected chi connectivity index (χ0v) is 13.4. The summed E-state index contributed by atoms with van der Waals surface area (Å²) in [6.07, 6.45) is 16.9. The molecule has 0 saturated carbocycles. The molecule has 2 rings (SSSR count). The summed E-state index contributed by atoms with van der Waals surface area (Å²) in [6, 6.07) is 0. The van der Waals surface area contributed by atoms with Gasteiger partial charge in [-0.15, -0.1) is 24.7 Å². The van der Waals surface area contributed by atoms with Crippen LogP contribution in [-0.2, 0) is 9.59 Å². The number of carbonyl (C=O) groups excluding carboxylic acids is 2. The fourth-order valence-electron chi connectivity index (χ4n) is 2.61. The maximum absolute atomic E-state index is 11.2. The molecule has 2 heterocycles. The lowest BCUT2D eigenvalue weighted by atomic mass is 10.3. The molecular weight excluding hydrogens is 276 g/mol. The minimum absolute atomic E-state index is 0.223. The van der Waals surface area contributed by atoms with Crippen molar-refractivity contribution in [2.45, 2.75) is 51.4 Å². The van der Waals surface area contributed by atoms with Crippen LogP contribution in [0.15, 0.2) is 0 Å². The number of hydrogen-bond acceptors (Lipinski definition) is 2. The second kappa shape index (κ2) is 10.7. The predicted molar refractivity (Wildman–Crippen MR) is 87.8 cm³/mol. The van der Waals surface area contributed by atoms with Gasteiger partial charge in [0.2, 0.25) is 11.8 Å². The maximum atomic E-state index is 11.2. The Hall–Kier alpha value is -1.94. The highest BCUT2D eigenvalue weighted by Crippen LogP contribution is 2.10. The van der Waals surface area contributed by atoms with Crippen LogP contribution < -0.4 is 0 Å². The number of rotatable bonds is 4. The van der Waals surface area contributed by atoms with Crippen molar-refractivity contribution < 1.29 is 9.59 Å². The Labute approximate surface area is 134 Å². The highest BCUT2D eigenvalue weighted by atomic mass is 16.2. The molecule has 120 valence electrons. The van der Waals surface area contributed by atoms with Gasteiger partial charge in [0.15, 0.2) is 0 Å². The molecule has 0 atom stereocenters. The lowest BCUT2D eigenvalue weighted by molar-refractivity contribution is -0.130. The summed E-state index contributed by atoms with van der Waals surface area (Å²) in [6.45, 7) is 3.74. The Bertz CT molecular complexity index is 391. The third-order valence-corrected chi connectivity index (χ3v) is 3.88. The molecule has 2 amide bonds. The number of nitrogens with zero attached hydrogens (tertiary/aromatic N) is 2. The lowest BCUT2D eigenvalue weighted by Crippen LogP contribution is -2.27. The van der Waals surface area contributed by atoms with Crippen LogP contribution in [0, 0.1) is 24.7 Å². The Morgan fingerprint density at radius 3 is 1.32 bits per heavy atom. The van der Waals surface area contributed by atoms with Crippen molar-refractivity contribution in [1.29, 1.82) is 0 Å². The smallest absolute Gasteiger partial charge is 0.223 e. The summed E-state index contributed by atoms with van der Waals surface area (Å²) < 4.78 is 0. The van der Waals surface area contributed by atoms with E-state index in [0.29, 0.717) is 25.7 Å². The van der Waals surface area contributed by atoms with Crippen LogP contribution in [0.3, 0.4) is 0 Å². The minimum atomic E-state index is 0.223. The summed E-state index contributed by atoms with van der Waals surface area (Å²) >= 11 is 0. The predicted octanol–water partition coefficient (Wildman–Crippen LogP) is 2.04. The summed E-state index contributed by atoms with van der Waals surface area (Å²) in [7, 11) is 0. The highest BCUT2D eigenvalue weighted by Gasteiger charge is 2.17. The van der Waals surface area contributed by atoms with E-state index in [-0.39, 0.29) is 11.8 Å². The van der Waals surface area contributed by atoms with E-state index in [0.717, 1.165) is 51.9 Å². The van der Waals surface area contributed by atoms with Crippen molar-refractivity contribution in [3.63, 3.8) is 0 Å². The zero-order chi connectivity index (χ0) is 16.2. The van der Waals surface area contributed by atoms with Crippen molar-refractivity contribution >= 4 is 11.8 Å². The van der Waals surface area contributed by atoms with Gasteiger partial charge >= 0.3 is 0 Å². The van der Waals surface area contributed by atoms with Crippen LogP contribution in [0.2, 0.25) is 0 Å². The van der Waals surface area contributed by atoms with Gasteiger partial charge in [0.25, 0.3) is 0 Å². The molecule has 0 aromatic rings. The van der Waals surface area contributed by atoms with Crippen molar-refractivity contribution in [1.82, 2.24) is 9.80 Å². The summed E-state index contributed by atoms with van der Waals surface area (Å²) in [5.74, 6) is 5.39. The second-order valence-electron chi connectivity index (χ2n) is 5.58. The van der Waals surface area contributed by atoms with E-state index in [1.165, 1.54) is 0 Å². The van der Waals surface area contributed by atoms with Gasteiger partial charge in [0.1, 0.15) is 0 Å². The molecule has 0 bridgehead atoms. The lowest BCUT2D eigenvalue weighted by Gasteiger charge is -2.13. The number of terminal acetylenes is 2.